The van der Waals surface area contributed by atoms with Gasteiger partial charge in [0, 0.05) is 12.8 Å². The zero-order valence-corrected chi connectivity index (χ0v) is 31.5. The Balaban J connectivity index is 1.19. The van der Waals surface area contributed by atoms with Crippen molar-refractivity contribution < 1.29 is 9.53 Å². The summed E-state index contributed by atoms with van der Waals surface area (Å²) in [5.74, 6) is 4.27. The van der Waals surface area contributed by atoms with Crippen molar-refractivity contribution in [2.75, 3.05) is 0 Å². The summed E-state index contributed by atoms with van der Waals surface area (Å²) < 4.78 is 6.10. The SMILES string of the molecule is CCCCCCCCCCCCCCCC(=O)O[C@H]1CC[C@]2(C)C(=CC=C3[C@H]2CC[C@]2(C)[C@@H]([C@H](C)C=C[C@H](C)C(C)C)CC[C@@H]32)C1. The molecule has 0 bridgehead atoms. The maximum absolute atomic E-state index is 12.8. The predicted octanol–water partition coefficient (Wildman–Crippen LogP) is 13.4. The molecule has 0 unspecified atom stereocenters. The average molecular weight is 635 g/mol. The van der Waals surface area contributed by atoms with E-state index in [2.05, 4.69) is 72.8 Å². The molecule has 46 heavy (non-hydrogen) atoms. The van der Waals surface area contributed by atoms with E-state index in [1.807, 2.05) is 0 Å². The summed E-state index contributed by atoms with van der Waals surface area (Å²) in [6, 6.07) is 0. The van der Waals surface area contributed by atoms with Gasteiger partial charge in [0.2, 0.25) is 0 Å². The molecule has 8 atom stereocenters. The number of esters is 1. The molecule has 0 spiro atoms. The van der Waals surface area contributed by atoms with E-state index in [1.165, 1.54) is 103 Å². The van der Waals surface area contributed by atoms with Crippen LogP contribution >= 0.6 is 0 Å². The zero-order chi connectivity index (χ0) is 33.2. The van der Waals surface area contributed by atoms with Gasteiger partial charge in [0.15, 0.2) is 0 Å². The minimum Gasteiger partial charge on any atom is -0.462 e. The number of unbranched alkanes of at least 4 members (excludes halogenated alkanes) is 12. The molecule has 0 aromatic heterocycles. The normalized spacial score (nSPS) is 32.0. The first-order valence-corrected chi connectivity index (χ1v) is 20.4. The van der Waals surface area contributed by atoms with Gasteiger partial charge in [-0.05, 0) is 91.3 Å². The van der Waals surface area contributed by atoms with Gasteiger partial charge in [-0.15, -0.1) is 0 Å². The van der Waals surface area contributed by atoms with E-state index in [4.69, 9.17) is 4.74 Å². The monoisotopic (exact) mass is 635 g/mol. The van der Waals surface area contributed by atoms with Gasteiger partial charge in [0.25, 0.3) is 0 Å². The van der Waals surface area contributed by atoms with Gasteiger partial charge < -0.3 is 4.74 Å². The van der Waals surface area contributed by atoms with Gasteiger partial charge in [-0.25, -0.2) is 0 Å². The lowest BCUT2D eigenvalue weighted by atomic mass is 9.50. The van der Waals surface area contributed by atoms with Crippen LogP contribution in [-0.4, -0.2) is 12.1 Å². The molecule has 2 nitrogen and oxygen atoms in total. The molecule has 0 heterocycles. The average Bonchev–Trinajstić information content (AvgIpc) is 3.39. The lowest BCUT2D eigenvalue weighted by Crippen LogP contribution is -2.46. The first-order valence-electron chi connectivity index (χ1n) is 20.4. The van der Waals surface area contributed by atoms with Crippen molar-refractivity contribution >= 4 is 5.97 Å². The van der Waals surface area contributed by atoms with Crippen molar-refractivity contribution in [3.63, 3.8) is 0 Å². The topological polar surface area (TPSA) is 26.3 Å². The predicted molar refractivity (Wildman–Crippen MR) is 198 cm³/mol. The van der Waals surface area contributed by atoms with Gasteiger partial charge in [-0.3, -0.25) is 4.79 Å². The van der Waals surface area contributed by atoms with E-state index in [9.17, 15) is 4.79 Å². The Morgan fingerprint density at radius 3 is 2.04 bits per heavy atom. The van der Waals surface area contributed by atoms with Crippen LogP contribution in [-0.2, 0) is 9.53 Å². The van der Waals surface area contributed by atoms with Crippen molar-refractivity contribution in [2.45, 2.75) is 189 Å². The number of fused-ring (bicyclic) bond motifs is 5. The van der Waals surface area contributed by atoms with Gasteiger partial charge in [0.1, 0.15) is 6.10 Å². The third-order valence-corrected chi connectivity index (χ3v) is 13.8. The van der Waals surface area contributed by atoms with Gasteiger partial charge in [-0.2, -0.15) is 0 Å². The van der Waals surface area contributed by atoms with Gasteiger partial charge in [0.05, 0.1) is 0 Å². The first-order chi connectivity index (χ1) is 22.1. The Labute approximate surface area is 286 Å². The third-order valence-electron chi connectivity index (χ3n) is 13.8. The molecule has 4 aliphatic rings. The van der Waals surface area contributed by atoms with Gasteiger partial charge in [-0.1, -0.05) is 161 Å². The highest BCUT2D eigenvalue weighted by Crippen LogP contribution is 2.66. The van der Waals surface area contributed by atoms with Crippen LogP contribution in [0.3, 0.4) is 0 Å². The van der Waals surface area contributed by atoms with E-state index in [0.717, 1.165) is 37.5 Å². The van der Waals surface area contributed by atoms with Crippen molar-refractivity contribution in [3.8, 4) is 0 Å². The Morgan fingerprint density at radius 2 is 1.41 bits per heavy atom. The first kappa shape index (κ1) is 37.5. The highest BCUT2D eigenvalue weighted by atomic mass is 16.5. The summed E-state index contributed by atoms with van der Waals surface area (Å²) in [5.41, 5.74) is 4.00. The lowest BCUT2D eigenvalue weighted by molar-refractivity contribution is -0.151. The Morgan fingerprint density at radius 1 is 0.783 bits per heavy atom. The molecule has 2 heteroatoms. The van der Waals surface area contributed by atoms with Crippen molar-refractivity contribution in [2.24, 2.45) is 46.3 Å². The fraction of sp³-hybridized carbons (Fsp3) is 0.841. The summed E-state index contributed by atoms with van der Waals surface area (Å²) >= 11 is 0. The fourth-order valence-electron chi connectivity index (χ4n) is 10.2. The van der Waals surface area contributed by atoms with E-state index in [-0.39, 0.29) is 17.5 Å². The summed E-state index contributed by atoms with van der Waals surface area (Å²) in [5, 5.41) is 0. The van der Waals surface area contributed by atoms with Crippen LogP contribution in [0.2, 0.25) is 0 Å². The molecule has 0 amide bonds. The summed E-state index contributed by atoms with van der Waals surface area (Å²) in [6.45, 7) is 17.0. The van der Waals surface area contributed by atoms with Gasteiger partial charge >= 0.3 is 5.97 Å². The van der Waals surface area contributed by atoms with Crippen LogP contribution in [0, 0.1) is 46.3 Å². The number of allylic oxidation sites excluding steroid dienone is 5. The van der Waals surface area contributed by atoms with Crippen LogP contribution in [0.4, 0.5) is 0 Å². The second-order valence-electron chi connectivity index (χ2n) is 17.3. The largest absolute Gasteiger partial charge is 0.462 e. The van der Waals surface area contributed by atoms with Crippen LogP contribution in [0.5, 0.6) is 0 Å². The molecule has 0 N–H and O–H groups in total. The van der Waals surface area contributed by atoms with Crippen LogP contribution in [0.15, 0.2) is 35.5 Å². The van der Waals surface area contributed by atoms with E-state index in [1.54, 1.807) is 11.1 Å². The van der Waals surface area contributed by atoms with E-state index >= 15 is 0 Å². The molecule has 262 valence electrons. The molecule has 4 aliphatic carbocycles. The van der Waals surface area contributed by atoms with E-state index in [0.29, 0.717) is 35.5 Å². The second kappa shape index (κ2) is 17.9. The molecule has 0 aromatic carbocycles. The molecule has 0 aliphatic heterocycles. The number of hydrogen-bond donors (Lipinski definition) is 0. The van der Waals surface area contributed by atoms with Crippen molar-refractivity contribution in [1.82, 2.24) is 0 Å². The van der Waals surface area contributed by atoms with Crippen LogP contribution in [0.1, 0.15) is 183 Å². The van der Waals surface area contributed by atoms with Crippen molar-refractivity contribution in [1.29, 1.82) is 0 Å². The number of carbonyl (C=O) groups excluding carboxylic acids is 1. The van der Waals surface area contributed by atoms with E-state index < -0.39 is 0 Å². The highest BCUT2D eigenvalue weighted by molar-refractivity contribution is 5.69. The molecule has 0 radical (unpaired) electrons. The Kier molecular flexibility index (Phi) is 14.6. The van der Waals surface area contributed by atoms with Crippen LogP contribution in [0.25, 0.3) is 0 Å². The molecule has 0 aromatic rings. The maximum Gasteiger partial charge on any atom is 0.306 e. The maximum atomic E-state index is 12.8. The van der Waals surface area contributed by atoms with Crippen LogP contribution < -0.4 is 0 Å². The minimum absolute atomic E-state index is 0.0423. The zero-order valence-electron chi connectivity index (χ0n) is 31.5. The standard InChI is InChI=1S/C44H74O2/c1-8-9-10-11-12-13-14-15-16-17-18-19-20-21-42(45)46-37-28-30-43(6)36(32-37)24-25-38-40-27-26-39(44(40,7)31-29-41(38)43)35(5)23-22-34(4)33(2)3/h22-25,33-35,37,39-41H,8-21,26-32H2,1-7H3/t34-,35+,37-,39+,40-,41+,43+,44+/m0/s1. The fourth-order valence-corrected chi connectivity index (χ4v) is 10.2. The number of ether oxygens (including phenoxy) is 1. The quantitative estimate of drug-likeness (QED) is 0.0802. The minimum atomic E-state index is 0.0423. The molecule has 3 fully saturated rings. The highest BCUT2D eigenvalue weighted by Gasteiger charge is 2.57. The molecule has 0 saturated heterocycles. The summed E-state index contributed by atoms with van der Waals surface area (Å²) in [7, 11) is 0. The Hall–Kier alpha value is -1.31. The number of rotatable bonds is 19. The smallest absolute Gasteiger partial charge is 0.306 e. The second-order valence-corrected chi connectivity index (χ2v) is 17.3. The number of carbonyl (C=O) groups is 1. The third kappa shape index (κ3) is 9.43. The summed E-state index contributed by atoms with van der Waals surface area (Å²) in [4.78, 5) is 12.8. The molecule has 3 saturated carbocycles. The summed E-state index contributed by atoms with van der Waals surface area (Å²) in [6.07, 6.45) is 36.7. The Bertz CT molecular complexity index is 1030. The van der Waals surface area contributed by atoms with Crippen molar-refractivity contribution in [3.05, 3.63) is 35.5 Å². The molecule has 4 rings (SSSR count). The lowest BCUT2D eigenvalue weighted by Gasteiger charge is -2.55. The number of hydrogen-bond acceptors (Lipinski definition) is 2. The molecular formula is C44H74O2. The molecular weight excluding hydrogens is 560 g/mol.